The Morgan fingerprint density at radius 2 is 1.52 bits per heavy atom. The molecule has 2 aliphatic heterocycles. The number of benzene rings is 3. The molecule has 2 aliphatic rings. The van der Waals surface area contributed by atoms with Gasteiger partial charge in [0.05, 0.1) is 7.11 Å². The van der Waals surface area contributed by atoms with E-state index in [4.69, 9.17) is 14.2 Å². The molecule has 3 aromatic rings. The average molecular weight is 392 g/mol. The van der Waals surface area contributed by atoms with Crippen LogP contribution in [0.3, 0.4) is 0 Å². The quantitative estimate of drug-likeness (QED) is 0.682. The van der Waals surface area contributed by atoms with Crippen LogP contribution < -0.4 is 24.0 Å². The second-order valence-corrected chi connectivity index (χ2v) is 8.01. The summed E-state index contributed by atoms with van der Waals surface area (Å²) >= 11 is 0. The van der Waals surface area contributed by atoms with Crippen molar-refractivity contribution < 1.29 is 24.0 Å². The number of quaternary nitrogens is 2. The van der Waals surface area contributed by atoms with Crippen LogP contribution in [0.5, 0.6) is 17.2 Å². The van der Waals surface area contributed by atoms with Gasteiger partial charge >= 0.3 is 0 Å². The van der Waals surface area contributed by atoms with Crippen molar-refractivity contribution in [1.29, 1.82) is 0 Å². The molecule has 1 fully saturated rings. The lowest BCUT2D eigenvalue weighted by atomic mass is 10.0. The molecule has 0 aromatic heterocycles. The molecule has 3 aromatic carbocycles. The number of methoxy groups -OCH3 is 1. The Morgan fingerprint density at radius 3 is 2.31 bits per heavy atom. The molecule has 0 bridgehead atoms. The van der Waals surface area contributed by atoms with E-state index in [1.54, 1.807) is 16.9 Å². The highest BCUT2D eigenvalue weighted by atomic mass is 16.7. The molecule has 0 radical (unpaired) electrons. The standard InChI is InChI=1S/C24H26N2O3/c1-27-22-9-7-19(20-4-2-3-5-21(20)22)16-26-12-10-25(11-13-26)15-18-6-8-23-24(14-18)29-17-28-23/h2-9,14H,10-13,15-17H2,1H3/p+2. The summed E-state index contributed by atoms with van der Waals surface area (Å²) in [5.41, 5.74) is 2.74. The van der Waals surface area contributed by atoms with Gasteiger partial charge in [-0.05, 0) is 35.7 Å². The van der Waals surface area contributed by atoms with Crippen LogP contribution in [-0.2, 0) is 13.1 Å². The number of hydrogen-bond acceptors (Lipinski definition) is 3. The van der Waals surface area contributed by atoms with E-state index < -0.39 is 0 Å². The minimum absolute atomic E-state index is 0.341. The fourth-order valence-electron chi connectivity index (χ4n) is 4.59. The van der Waals surface area contributed by atoms with Crippen LogP contribution in [0.25, 0.3) is 10.8 Å². The van der Waals surface area contributed by atoms with Crippen molar-refractivity contribution in [3.05, 3.63) is 65.7 Å². The summed E-state index contributed by atoms with van der Waals surface area (Å²) in [7, 11) is 1.74. The topological polar surface area (TPSA) is 36.6 Å². The number of fused-ring (bicyclic) bond motifs is 2. The maximum Gasteiger partial charge on any atom is 0.231 e. The van der Waals surface area contributed by atoms with Crippen LogP contribution in [-0.4, -0.2) is 40.1 Å². The summed E-state index contributed by atoms with van der Waals surface area (Å²) in [5.74, 6) is 2.71. The average Bonchev–Trinajstić information content (AvgIpc) is 3.23. The Labute approximate surface area is 171 Å². The van der Waals surface area contributed by atoms with Crippen LogP contribution in [0.2, 0.25) is 0 Å². The van der Waals surface area contributed by atoms with Gasteiger partial charge in [-0.25, -0.2) is 0 Å². The van der Waals surface area contributed by atoms with Gasteiger partial charge in [0.15, 0.2) is 11.5 Å². The molecular weight excluding hydrogens is 364 g/mol. The van der Waals surface area contributed by atoms with Gasteiger partial charge in [0, 0.05) is 16.5 Å². The lowest BCUT2D eigenvalue weighted by Crippen LogP contribution is -3.27. The third-order valence-electron chi connectivity index (χ3n) is 6.19. The highest BCUT2D eigenvalue weighted by Crippen LogP contribution is 2.32. The van der Waals surface area contributed by atoms with E-state index in [0.717, 1.165) is 30.3 Å². The zero-order valence-electron chi connectivity index (χ0n) is 16.9. The van der Waals surface area contributed by atoms with Crippen molar-refractivity contribution in [1.82, 2.24) is 0 Å². The fraction of sp³-hybridized carbons (Fsp3) is 0.333. The van der Waals surface area contributed by atoms with Crippen molar-refractivity contribution in [2.24, 2.45) is 0 Å². The van der Waals surface area contributed by atoms with Gasteiger partial charge in [-0.2, -0.15) is 0 Å². The number of hydrogen-bond donors (Lipinski definition) is 2. The molecule has 0 aliphatic carbocycles. The zero-order valence-corrected chi connectivity index (χ0v) is 16.9. The van der Waals surface area contributed by atoms with Crippen LogP contribution in [0.15, 0.2) is 54.6 Å². The number of ether oxygens (including phenoxy) is 3. The molecule has 1 saturated heterocycles. The van der Waals surface area contributed by atoms with Gasteiger partial charge < -0.3 is 24.0 Å². The first kappa shape index (κ1) is 18.3. The zero-order chi connectivity index (χ0) is 19.6. The van der Waals surface area contributed by atoms with Gasteiger partial charge in [0.2, 0.25) is 6.79 Å². The monoisotopic (exact) mass is 392 g/mol. The molecule has 5 heteroatoms. The summed E-state index contributed by atoms with van der Waals surface area (Å²) in [4.78, 5) is 3.31. The van der Waals surface area contributed by atoms with Crippen molar-refractivity contribution in [2.45, 2.75) is 13.1 Å². The van der Waals surface area contributed by atoms with Crippen LogP contribution in [0, 0.1) is 0 Å². The maximum absolute atomic E-state index is 5.54. The third-order valence-corrected chi connectivity index (χ3v) is 6.19. The number of rotatable bonds is 5. The highest BCUT2D eigenvalue weighted by Gasteiger charge is 2.24. The van der Waals surface area contributed by atoms with Crippen LogP contribution in [0.4, 0.5) is 0 Å². The predicted molar refractivity (Wildman–Crippen MR) is 112 cm³/mol. The summed E-state index contributed by atoms with van der Waals surface area (Å²) in [5, 5.41) is 2.52. The summed E-state index contributed by atoms with van der Waals surface area (Å²) < 4.78 is 16.5. The first-order valence-electron chi connectivity index (χ1n) is 10.4. The SMILES string of the molecule is COc1ccc(C[NH+]2CC[NH+](Cc3ccc4c(c3)OCO4)CC2)c2ccccc12. The fourth-order valence-corrected chi connectivity index (χ4v) is 4.59. The normalized spacial score (nSPS) is 20.7. The Morgan fingerprint density at radius 1 is 0.793 bits per heavy atom. The molecule has 0 saturated carbocycles. The molecule has 2 N–H and O–H groups in total. The van der Waals surface area contributed by atoms with E-state index in [0.29, 0.717) is 6.79 Å². The van der Waals surface area contributed by atoms with Crippen LogP contribution >= 0.6 is 0 Å². The van der Waals surface area contributed by atoms with Crippen molar-refractivity contribution in [3.63, 3.8) is 0 Å². The summed E-state index contributed by atoms with van der Waals surface area (Å²) in [6, 6.07) is 19.3. The van der Waals surface area contributed by atoms with Gasteiger partial charge in [0.25, 0.3) is 0 Å². The predicted octanol–water partition coefficient (Wildman–Crippen LogP) is 1.06. The molecule has 0 spiro atoms. The summed E-state index contributed by atoms with van der Waals surface area (Å²) in [6.07, 6.45) is 0. The molecule has 150 valence electrons. The molecule has 5 nitrogen and oxygen atoms in total. The Hall–Kier alpha value is -2.76. The first-order chi connectivity index (χ1) is 14.3. The highest BCUT2D eigenvalue weighted by molar-refractivity contribution is 5.90. The van der Waals surface area contributed by atoms with Crippen molar-refractivity contribution >= 4 is 10.8 Å². The Bertz CT molecular complexity index is 1010. The molecule has 5 rings (SSSR count). The van der Waals surface area contributed by atoms with E-state index >= 15 is 0 Å². The largest absolute Gasteiger partial charge is 0.496 e. The van der Waals surface area contributed by atoms with Gasteiger partial charge in [-0.1, -0.05) is 24.3 Å². The van der Waals surface area contributed by atoms with E-state index in [2.05, 4.69) is 48.5 Å². The maximum atomic E-state index is 5.54. The first-order valence-corrected chi connectivity index (χ1v) is 10.4. The molecule has 0 unspecified atom stereocenters. The minimum atomic E-state index is 0.341. The second-order valence-electron chi connectivity index (χ2n) is 8.01. The Balaban J connectivity index is 1.22. The van der Waals surface area contributed by atoms with Crippen molar-refractivity contribution in [2.75, 3.05) is 40.1 Å². The van der Waals surface area contributed by atoms with Crippen LogP contribution in [0.1, 0.15) is 11.1 Å². The van der Waals surface area contributed by atoms with Gasteiger partial charge in [0.1, 0.15) is 45.0 Å². The molecule has 29 heavy (non-hydrogen) atoms. The van der Waals surface area contributed by atoms with E-state index in [1.165, 1.54) is 48.1 Å². The number of nitrogens with one attached hydrogen (secondary N) is 2. The van der Waals surface area contributed by atoms with Gasteiger partial charge in [-0.15, -0.1) is 0 Å². The summed E-state index contributed by atoms with van der Waals surface area (Å²) in [6.45, 7) is 7.24. The smallest absolute Gasteiger partial charge is 0.231 e. The van der Waals surface area contributed by atoms with E-state index in [9.17, 15) is 0 Å². The van der Waals surface area contributed by atoms with E-state index in [-0.39, 0.29) is 0 Å². The Kier molecular flexibility index (Phi) is 5.00. The molecular formula is C24H28N2O3+2. The minimum Gasteiger partial charge on any atom is -0.496 e. The lowest BCUT2D eigenvalue weighted by Gasteiger charge is -2.30. The molecule has 0 amide bonds. The molecule has 0 atom stereocenters. The second kappa shape index (κ2) is 7.93. The number of piperazine rings is 1. The van der Waals surface area contributed by atoms with Gasteiger partial charge in [-0.3, -0.25) is 0 Å². The third kappa shape index (κ3) is 3.76. The van der Waals surface area contributed by atoms with E-state index in [1.807, 2.05) is 6.07 Å². The van der Waals surface area contributed by atoms with Crippen molar-refractivity contribution in [3.8, 4) is 17.2 Å². The lowest BCUT2D eigenvalue weighted by molar-refractivity contribution is -1.02. The molecule has 2 heterocycles.